The van der Waals surface area contributed by atoms with Crippen molar-refractivity contribution in [3.05, 3.63) is 24.3 Å². The molecule has 0 aromatic heterocycles. The van der Waals surface area contributed by atoms with E-state index in [2.05, 4.69) is 24.5 Å². The molecule has 0 aliphatic carbocycles. The van der Waals surface area contributed by atoms with Gasteiger partial charge in [-0.05, 0) is 24.5 Å². The molecule has 0 spiro atoms. The van der Waals surface area contributed by atoms with Crippen LogP contribution in [0.3, 0.4) is 0 Å². The van der Waals surface area contributed by atoms with Crippen LogP contribution in [0, 0.1) is 5.92 Å². The summed E-state index contributed by atoms with van der Waals surface area (Å²) in [7, 11) is 0. The van der Waals surface area contributed by atoms with Gasteiger partial charge in [0.05, 0.1) is 0 Å². The Balaban J connectivity index is 2.47. The van der Waals surface area contributed by atoms with E-state index in [1.807, 2.05) is 0 Å². The van der Waals surface area contributed by atoms with Gasteiger partial charge in [0.25, 0.3) is 0 Å². The molecule has 0 saturated carbocycles. The lowest BCUT2D eigenvalue weighted by Crippen LogP contribution is -2.30. The van der Waals surface area contributed by atoms with E-state index in [1.165, 1.54) is 6.92 Å². The van der Waals surface area contributed by atoms with Crippen molar-refractivity contribution in [3.8, 4) is 5.75 Å². The van der Waals surface area contributed by atoms with E-state index in [0.29, 0.717) is 23.9 Å². The lowest BCUT2D eigenvalue weighted by Gasteiger charge is -2.09. The van der Waals surface area contributed by atoms with Crippen LogP contribution in [0.25, 0.3) is 0 Å². The summed E-state index contributed by atoms with van der Waals surface area (Å²) in [4.78, 5) is 22.4. The fourth-order valence-corrected chi connectivity index (χ4v) is 1.45. The van der Waals surface area contributed by atoms with E-state index in [9.17, 15) is 9.59 Å². The third kappa shape index (κ3) is 6.45. The van der Waals surface area contributed by atoms with Gasteiger partial charge >= 0.3 is 12.0 Å². The van der Waals surface area contributed by atoms with Crippen LogP contribution in [0.1, 0.15) is 27.2 Å². The third-order valence-electron chi connectivity index (χ3n) is 2.36. The van der Waals surface area contributed by atoms with Gasteiger partial charge in [0, 0.05) is 25.2 Å². The molecule has 0 bridgehead atoms. The van der Waals surface area contributed by atoms with Crippen molar-refractivity contribution < 1.29 is 14.3 Å². The smallest absolute Gasteiger partial charge is 0.319 e. The second-order valence-corrected chi connectivity index (χ2v) is 4.68. The normalized spacial score (nSPS) is 10.1. The maximum atomic E-state index is 11.6. The minimum absolute atomic E-state index is 0.263. The number of nitrogens with one attached hydrogen (secondary N) is 2. The molecule has 0 aliphatic heterocycles. The topological polar surface area (TPSA) is 67.4 Å². The molecule has 0 unspecified atom stereocenters. The maximum Gasteiger partial charge on any atom is 0.319 e. The third-order valence-corrected chi connectivity index (χ3v) is 2.36. The van der Waals surface area contributed by atoms with Gasteiger partial charge in [-0.25, -0.2) is 4.79 Å². The highest BCUT2D eigenvalue weighted by atomic mass is 16.5. The summed E-state index contributed by atoms with van der Waals surface area (Å²) >= 11 is 0. The van der Waals surface area contributed by atoms with Crippen LogP contribution in [0.2, 0.25) is 0 Å². The largest absolute Gasteiger partial charge is 0.427 e. The number of hydrogen-bond donors (Lipinski definition) is 2. The summed E-state index contributed by atoms with van der Waals surface area (Å²) in [6, 6.07) is 6.43. The number of carbonyl (C=O) groups is 2. The molecule has 1 aromatic carbocycles. The molecule has 5 nitrogen and oxygen atoms in total. The number of rotatable bonds is 5. The van der Waals surface area contributed by atoms with E-state index in [1.54, 1.807) is 24.3 Å². The van der Waals surface area contributed by atoms with Gasteiger partial charge in [0.15, 0.2) is 0 Å². The Bertz CT molecular complexity index is 444. The highest BCUT2D eigenvalue weighted by molar-refractivity contribution is 5.89. The molecule has 0 fully saturated rings. The van der Waals surface area contributed by atoms with Crippen molar-refractivity contribution >= 4 is 17.7 Å². The zero-order valence-corrected chi connectivity index (χ0v) is 11.5. The van der Waals surface area contributed by atoms with Crippen molar-refractivity contribution in [2.45, 2.75) is 27.2 Å². The van der Waals surface area contributed by atoms with Crippen molar-refractivity contribution in [1.29, 1.82) is 0 Å². The Labute approximate surface area is 113 Å². The lowest BCUT2D eigenvalue weighted by atomic mass is 10.1. The molecule has 19 heavy (non-hydrogen) atoms. The van der Waals surface area contributed by atoms with Crippen LogP contribution in [0.5, 0.6) is 5.75 Å². The van der Waals surface area contributed by atoms with Gasteiger partial charge in [0.1, 0.15) is 5.75 Å². The monoisotopic (exact) mass is 264 g/mol. The first-order valence-electron chi connectivity index (χ1n) is 6.30. The maximum absolute atomic E-state index is 11.6. The molecule has 2 amide bonds. The number of ether oxygens (including phenoxy) is 1. The molecule has 0 radical (unpaired) electrons. The van der Waals surface area contributed by atoms with Gasteiger partial charge < -0.3 is 15.4 Å². The molecule has 0 aliphatic rings. The molecular weight excluding hydrogens is 244 g/mol. The average molecular weight is 264 g/mol. The summed E-state index contributed by atoms with van der Waals surface area (Å²) in [5.74, 6) is 0.568. The first-order chi connectivity index (χ1) is 8.97. The first kappa shape index (κ1) is 15.0. The first-order valence-corrected chi connectivity index (χ1v) is 6.30. The Hall–Kier alpha value is -2.04. The fraction of sp³-hybridized carbons (Fsp3) is 0.429. The summed E-state index contributed by atoms with van der Waals surface area (Å²) in [5.41, 5.74) is 0.584. The van der Waals surface area contributed by atoms with Gasteiger partial charge in [-0.1, -0.05) is 19.9 Å². The van der Waals surface area contributed by atoms with Crippen LogP contribution in [-0.2, 0) is 4.79 Å². The quantitative estimate of drug-likeness (QED) is 0.634. The van der Waals surface area contributed by atoms with Crippen LogP contribution >= 0.6 is 0 Å². The molecule has 0 atom stereocenters. The lowest BCUT2D eigenvalue weighted by molar-refractivity contribution is -0.131. The standard InChI is InChI=1S/C14H20N2O3/c1-10(2)7-8-15-14(18)16-12-5-4-6-13(9-12)19-11(3)17/h4-6,9-10H,7-8H2,1-3H3,(H2,15,16,18). The summed E-state index contributed by atoms with van der Waals surface area (Å²) in [5, 5.41) is 5.45. The number of urea groups is 1. The van der Waals surface area contributed by atoms with E-state index < -0.39 is 5.97 Å². The molecule has 0 saturated heterocycles. The van der Waals surface area contributed by atoms with Crippen molar-refractivity contribution in [3.63, 3.8) is 0 Å². The summed E-state index contributed by atoms with van der Waals surface area (Å²) < 4.78 is 4.94. The molecule has 0 heterocycles. The number of carbonyl (C=O) groups excluding carboxylic acids is 2. The predicted molar refractivity (Wildman–Crippen MR) is 74.2 cm³/mol. The number of hydrogen-bond acceptors (Lipinski definition) is 3. The summed E-state index contributed by atoms with van der Waals surface area (Å²) in [6.07, 6.45) is 0.931. The van der Waals surface area contributed by atoms with Gasteiger partial charge in [0.2, 0.25) is 0 Å². The molecule has 1 aromatic rings. The van der Waals surface area contributed by atoms with Crippen molar-refractivity contribution in [2.24, 2.45) is 5.92 Å². The van der Waals surface area contributed by atoms with Gasteiger partial charge in [-0.2, -0.15) is 0 Å². The van der Waals surface area contributed by atoms with Crippen LogP contribution in [0.4, 0.5) is 10.5 Å². The Morgan fingerprint density at radius 3 is 2.68 bits per heavy atom. The molecule has 104 valence electrons. The number of amides is 2. The zero-order valence-electron chi connectivity index (χ0n) is 11.5. The minimum Gasteiger partial charge on any atom is -0.427 e. The molecule has 2 N–H and O–H groups in total. The highest BCUT2D eigenvalue weighted by Crippen LogP contribution is 2.17. The molecule has 5 heteroatoms. The Morgan fingerprint density at radius 1 is 1.32 bits per heavy atom. The number of esters is 1. The Kier molecular flexibility index (Phi) is 5.85. The number of benzene rings is 1. The summed E-state index contributed by atoms with van der Waals surface area (Å²) in [6.45, 7) is 6.16. The fourth-order valence-electron chi connectivity index (χ4n) is 1.45. The second kappa shape index (κ2) is 7.41. The van der Waals surface area contributed by atoms with E-state index in [4.69, 9.17) is 4.74 Å². The van der Waals surface area contributed by atoms with Crippen molar-refractivity contribution in [2.75, 3.05) is 11.9 Å². The average Bonchev–Trinajstić information content (AvgIpc) is 2.27. The SMILES string of the molecule is CC(=O)Oc1cccc(NC(=O)NCCC(C)C)c1. The highest BCUT2D eigenvalue weighted by Gasteiger charge is 2.04. The predicted octanol–water partition coefficient (Wildman–Crippen LogP) is 2.78. The number of anilines is 1. The Morgan fingerprint density at radius 2 is 2.05 bits per heavy atom. The van der Waals surface area contributed by atoms with E-state index >= 15 is 0 Å². The zero-order chi connectivity index (χ0) is 14.3. The van der Waals surface area contributed by atoms with E-state index in [-0.39, 0.29) is 6.03 Å². The van der Waals surface area contributed by atoms with Crippen LogP contribution in [0.15, 0.2) is 24.3 Å². The van der Waals surface area contributed by atoms with E-state index in [0.717, 1.165) is 6.42 Å². The molecule has 1 rings (SSSR count). The van der Waals surface area contributed by atoms with Gasteiger partial charge in [-0.3, -0.25) is 4.79 Å². The van der Waals surface area contributed by atoms with Crippen LogP contribution in [-0.4, -0.2) is 18.5 Å². The molecular formula is C14H20N2O3. The van der Waals surface area contributed by atoms with Gasteiger partial charge in [-0.15, -0.1) is 0 Å². The van der Waals surface area contributed by atoms with Crippen LogP contribution < -0.4 is 15.4 Å². The van der Waals surface area contributed by atoms with Crippen molar-refractivity contribution in [1.82, 2.24) is 5.32 Å². The minimum atomic E-state index is -0.390. The second-order valence-electron chi connectivity index (χ2n) is 4.68.